The SMILES string of the molecule is Cc1c(Br)cc(C23CC4CC(CC(C(=O)Nc5ccc([N+](=O)[O-])cc5)(C4)C2)C3)cc1Br. The molecule has 7 heteroatoms. The van der Waals surface area contributed by atoms with Gasteiger partial charge < -0.3 is 5.32 Å². The van der Waals surface area contributed by atoms with Crippen molar-refractivity contribution in [2.75, 3.05) is 5.32 Å². The van der Waals surface area contributed by atoms with Crippen LogP contribution < -0.4 is 5.32 Å². The summed E-state index contributed by atoms with van der Waals surface area (Å²) < 4.78 is 2.22. The van der Waals surface area contributed by atoms with Gasteiger partial charge in [-0.25, -0.2) is 0 Å². The van der Waals surface area contributed by atoms with Gasteiger partial charge in [-0.05, 0) is 98.1 Å². The third kappa shape index (κ3) is 3.54. The Morgan fingerprint density at radius 1 is 1.06 bits per heavy atom. The second-order valence-corrected chi connectivity index (χ2v) is 11.6. The van der Waals surface area contributed by atoms with Gasteiger partial charge in [0.1, 0.15) is 0 Å². The number of nitro benzene ring substituents is 1. The van der Waals surface area contributed by atoms with Crippen LogP contribution in [0.5, 0.6) is 0 Å². The average molecular weight is 548 g/mol. The van der Waals surface area contributed by atoms with E-state index >= 15 is 0 Å². The molecular weight excluding hydrogens is 524 g/mol. The molecule has 0 aliphatic heterocycles. The Labute approximate surface area is 198 Å². The van der Waals surface area contributed by atoms with Crippen molar-refractivity contribution < 1.29 is 9.72 Å². The van der Waals surface area contributed by atoms with Gasteiger partial charge in [0, 0.05) is 26.8 Å². The topological polar surface area (TPSA) is 72.2 Å². The molecular formula is C24H24Br2N2O3. The smallest absolute Gasteiger partial charge is 0.269 e. The minimum atomic E-state index is -0.424. The summed E-state index contributed by atoms with van der Waals surface area (Å²) >= 11 is 7.44. The van der Waals surface area contributed by atoms with Crippen LogP contribution in [0.15, 0.2) is 45.3 Å². The van der Waals surface area contributed by atoms with Crippen molar-refractivity contribution in [3.05, 3.63) is 66.6 Å². The molecule has 2 aromatic rings. The molecule has 4 saturated carbocycles. The number of hydrogen-bond donors (Lipinski definition) is 1. The zero-order valence-corrected chi connectivity index (χ0v) is 20.5. The fourth-order valence-corrected chi connectivity index (χ4v) is 7.93. The van der Waals surface area contributed by atoms with Crippen molar-refractivity contribution in [3.63, 3.8) is 0 Å². The van der Waals surface area contributed by atoms with Crippen molar-refractivity contribution in [2.24, 2.45) is 17.3 Å². The van der Waals surface area contributed by atoms with E-state index in [9.17, 15) is 14.9 Å². The summed E-state index contributed by atoms with van der Waals surface area (Å²) in [7, 11) is 0. The summed E-state index contributed by atoms with van der Waals surface area (Å²) in [6, 6.07) is 10.7. The molecule has 0 radical (unpaired) electrons. The zero-order chi connectivity index (χ0) is 22.0. The summed E-state index contributed by atoms with van der Waals surface area (Å²) in [6.45, 7) is 2.09. The highest BCUT2D eigenvalue weighted by Gasteiger charge is 2.61. The van der Waals surface area contributed by atoms with Gasteiger partial charge in [-0.3, -0.25) is 14.9 Å². The maximum Gasteiger partial charge on any atom is 0.269 e. The predicted molar refractivity (Wildman–Crippen MR) is 127 cm³/mol. The lowest BCUT2D eigenvalue weighted by Gasteiger charge is -2.61. The average Bonchev–Trinajstić information content (AvgIpc) is 2.71. The molecule has 0 aromatic heterocycles. The number of halogens is 2. The lowest BCUT2D eigenvalue weighted by molar-refractivity contribution is -0.384. The molecule has 2 aromatic carbocycles. The molecule has 4 aliphatic rings. The molecule has 4 bridgehead atoms. The van der Waals surface area contributed by atoms with Gasteiger partial charge in [-0.2, -0.15) is 0 Å². The number of anilines is 1. The Hall–Kier alpha value is -1.73. The van der Waals surface area contributed by atoms with Gasteiger partial charge in [0.25, 0.3) is 5.69 Å². The minimum Gasteiger partial charge on any atom is -0.326 e. The number of nitro groups is 1. The normalized spacial score (nSPS) is 30.9. The third-order valence-electron chi connectivity index (χ3n) is 7.77. The molecule has 2 unspecified atom stereocenters. The number of non-ortho nitro benzene ring substituents is 1. The molecule has 1 N–H and O–H groups in total. The molecule has 162 valence electrons. The Bertz CT molecular complexity index is 1050. The number of nitrogens with zero attached hydrogens (tertiary/aromatic N) is 1. The quantitative estimate of drug-likeness (QED) is 0.334. The summed E-state index contributed by atoms with van der Waals surface area (Å²) in [4.78, 5) is 24.1. The van der Waals surface area contributed by atoms with Crippen molar-refractivity contribution in [1.29, 1.82) is 0 Å². The van der Waals surface area contributed by atoms with E-state index in [2.05, 4.69) is 56.2 Å². The van der Waals surface area contributed by atoms with Crippen LogP contribution in [0.2, 0.25) is 0 Å². The van der Waals surface area contributed by atoms with Gasteiger partial charge in [0.2, 0.25) is 5.91 Å². The molecule has 6 rings (SSSR count). The monoisotopic (exact) mass is 546 g/mol. The van der Waals surface area contributed by atoms with Crippen molar-refractivity contribution in [2.45, 2.75) is 50.9 Å². The highest BCUT2D eigenvalue weighted by Crippen LogP contribution is 2.66. The standard InChI is InChI=1S/C24H24Br2N2O3/c1-14-20(25)7-17(8-21(14)26)23-9-15-6-16(10-23)12-24(11-15,13-23)22(29)27-18-2-4-19(5-3-18)28(30)31/h2-5,7-8,15-16H,6,9-13H2,1H3,(H,27,29). The zero-order valence-electron chi connectivity index (χ0n) is 17.3. The van der Waals surface area contributed by atoms with Crippen molar-refractivity contribution >= 4 is 49.1 Å². The molecule has 5 nitrogen and oxygen atoms in total. The fraction of sp³-hybridized carbons (Fsp3) is 0.458. The maximum absolute atomic E-state index is 13.6. The van der Waals surface area contributed by atoms with E-state index in [4.69, 9.17) is 0 Å². The van der Waals surface area contributed by atoms with Crippen molar-refractivity contribution in [3.8, 4) is 0 Å². The van der Waals surface area contributed by atoms with E-state index in [0.29, 0.717) is 17.5 Å². The second kappa shape index (κ2) is 7.41. The van der Waals surface area contributed by atoms with E-state index in [0.717, 1.165) is 41.0 Å². The Kier molecular flexibility index (Phi) is 5.05. The second-order valence-electron chi connectivity index (χ2n) is 9.84. The number of hydrogen-bond acceptors (Lipinski definition) is 3. The largest absolute Gasteiger partial charge is 0.326 e. The van der Waals surface area contributed by atoms with Gasteiger partial charge >= 0.3 is 0 Å². The molecule has 1 amide bonds. The predicted octanol–water partition coefficient (Wildman–Crippen LogP) is 6.90. The first kappa shape index (κ1) is 21.1. The summed E-state index contributed by atoms with van der Waals surface area (Å²) in [5.74, 6) is 1.22. The van der Waals surface area contributed by atoms with Crippen LogP contribution in [0, 0.1) is 34.3 Å². The third-order valence-corrected chi connectivity index (χ3v) is 9.42. The van der Waals surface area contributed by atoms with E-state index in [-0.39, 0.29) is 22.4 Å². The first-order valence-corrected chi connectivity index (χ1v) is 12.3. The van der Waals surface area contributed by atoms with Crippen LogP contribution in [0.4, 0.5) is 11.4 Å². The number of amides is 1. The van der Waals surface area contributed by atoms with Gasteiger partial charge in [-0.15, -0.1) is 0 Å². The summed E-state index contributed by atoms with van der Waals surface area (Å²) in [6.07, 6.45) is 6.28. The number of carbonyl (C=O) groups excluding carboxylic acids is 1. The van der Waals surface area contributed by atoms with Gasteiger partial charge in [0.05, 0.1) is 10.3 Å². The molecule has 0 spiro atoms. The number of benzene rings is 2. The van der Waals surface area contributed by atoms with Crippen LogP contribution in [-0.2, 0) is 10.2 Å². The number of rotatable bonds is 4. The van der Waals surface area contributed by atoms with Crippen molar-refractivity contribution in [1.82, 2.24) is 0 Å². The van der Waals surface area contributed by atoms with Gasteiger partial charge in [-0.1, -0.05) is 31.9 Å². The summed E-state index contributed by atoms with van der Waals surface area (Å²) in [5, 5.41) is 14.0. The molecule has 0 saturated heterocycles. The van der Waals surface area contributed by atoms with Crippen LogP contribution >= 0.6 is 31.9 Å². The lowest BCUT2D eigenvalue weighted by atomic mass is 9.42. The highest BCUT2D eigenvalue weighted by atomic mass is 79.9. The fourth-order valence-electron chi connectivity index (χ4n) is 6.75. The molecule has 4 fully saturated rings. The van der Waals surface area contributed by atoms with Crippen LogP contribution in [-0.4, -0.2) is 10.8 Å². The first-order valence-electron chi connectivity index (χ1n) is 10.7. The molecule has 31 heavy (non-hydrogen) atoms. The first-order chi connectivity index (χ1) is 14.7. The molecule has 4 aliphatic carbocycles. The van der Waals surface area contributed by atoms with E-state index < -0.39 is 4.92 Å². The number of carbonyl (C=O) groups is 1. The Balaban J connectivity index is 1.46. The van der Waals surface area contributed by atoms with Crippen LogP contribution in [0.3, 0.4) is 0 Å². The van der Waals surface area contributed by atoms with E-state index in [1.54, 1.807) is 12.1 Å². The molecule has 2 atom stereocenters. The van der Waals surface area contributed by atoms with Gasteiger partial charge in [0.15, 0.2) is 0 Å². The Morgan fingerprint density at radius 2 is 1.65 bits per heavy atom. The van der Waals surface area contributed by atoms with E-state index in [1.807, 2.05) is 0 Å². The summed E-state index contributed by atoms with van der Waals surface area (Å²) in [5.41, 5.74) is 2.85. The highest BCUT2D eigenvalue weighted by molar-refractivity contribution is 9.11. The van der Waals surface area contributed by atoms with Crippen LogP contribution in [0.25, 0.3) is 0 Å². The van der Waals surface area contributed by atoms with E-state index in [1.165, 1.54) is 29.7 Å². The Morgan fingerprint density at radius 3 is 2.19 bits per heavy atom. The minimum absolute atomic E-state index is 0.0299. The molecule has 0 heterocycles. The number of nitrogens with one attached hydrogen (secondary N) is 1. The maximum atomic E-state index is 13.6. The van der Waals surface area contributed by atoms with Crippen LogP contribution in [0.1, 0.15) is 49.7 Å². The lowest BCUT2D eigenvalue weighted by Crippen LogP contribution is -2.58.